The minimum atomic E-state index is -0.322. The molecular weight excluding hydrogens is 258 g/mol. The molecule has 0 amide bonds. The van der Waals surface area contributed by atoms with Crippen LogP contribution in [0.15, 0.2) is 24.3 Å². The molecule has 0 atom stereocenters. The number of benzene rings is 1. The van der Waals surface area contributed by atoms with Gasteiger partial charge in [-0.05, 0) is 31.7 Å². The van der Waals surface area contributed by atoms with E-state index in [0.29, 0.717) is 11.6 Å². The van der Waals surface area contributed by atoms with E-state index in [0.717, 1.165) is 28.3 Å². The second-order valence-electron chi connectivity index (χ2n) is 4.87. The lowest BCUT2D eigenvalue weighted by Gasteiger charge is -1.97. The Morgan fingerprint density at radius 1 is 1.42 bits per heavy atom. The summed E-state index contributed by atoms with van der Waals surface area (Å²) in [6, 6.07) is 8.20. The zero-order valence-electron chi connectivity index (χ0n) is 11.0. The minimum Gasteiger partial charge on any atom is -0.464 e. The van der Waals surface area contributed by atoms with E-state index in [1.54, 1.807) is 11.3 Å². The molecule has 1 aliphatic carbocycles. The number of nitrogens with zero attached hydrogens (tertiary/aromatic N) is 1. The van der Waals surface area contributed by atoms with Crippen molar-refractivity contribution in [3.63, 3.8) is 0 Å². The number of aryl methyl sites for hydroxylation is 1. The smallest absolute Gasteiger partial charge is 0.357 e. The van der Waals surface area contributed by atoms with Gasteiger partial charge in [-0.2, -0.15) is 0 Å². The van der Waals surface area contributed by atoms with E-state index in [2.05, 4.69) is 24.0 Å². The molecule has 3 rings (SSSR count). The molecule has 4 heteroatoms. The van der Waals surface area contributed by atoms with Crippen molar-refractivity contribution in [2.45, 2.75) is 25.7 Å². The number of hydrogen-bond donors (Lipinski definition) is 0. The van der Waals surface area contributed by atoms with E-state index >= 15 is 0 Å². The average molecular weight is 273 g/mol. The van der Waals surface area contributed by atoms with Crippen LogP contribution >= 0.6 is 11.3 Å². The Kier molecular flexibility index (Phi) is 3.11. The van der Waals surface area contributed by atoms with Crippen molar-refractivity contribution in [2.24, 2.45) is 0 Å². The first-order valence-corrected chi connectivity index (χ1v) is 7.16. The molecule has 1 heterocycles. The van der Waals surface area contributed by atoms with Crippen molar-refractivity contribution >= 4 is 17.3 Å². The fourth-order valence-electron chi connectivity index (χ4n) is 2.10. The molecule has 0 radical (unpaired) electrons. The first-order chi connectivity index (χ1) is 9.19. The van der Waals surface area contributed by atoms with Gasteiger partial charge < -0.3 is 4.74 Å². The zero-order chi connectivity index (χ0) is 13.4. The summed E-state index contributed by atoms with van der Waals surface area (Å²) in [4.78, 5) is 17.4. The van der Waals surface area contributed by atoms with Gasteiger partial charge in [0.15, 0.2) is 5.69 Å². The third-order valence-corrected chi connectivity index (χ3v) is 4.51. The predicted octanol–water partition coefficient (Wildman–Crippen LogP) is 3.78. The van der Waals surface area contributed by atoms with Crippen molar-refractivity contribution in [1.82, 2.24) is 4.98 Å². The Bertz CT molecular complexity index is 629. The van der Waals surface area contributed by atoms with Gasteiger partial charge in [0, 0.05) is 10.4 Å². The lowest BCUT2D eigenvalue weighted by atomic mass is 10.1. The number of rotatable bonds is 3. The van der Waals surface area contributed by atoms with Gasteiger partial charge in [0.25, 0.3) is 0 Å². The second kappa shape index (κ2) is 4.78. The van der Waals surface area contributed by atoms with Crippen LogP contribution in [0.3, 0.4) is 0 Å². The first-order valence-electron chi connectivity index (χ1n) is 6.35. The summed E-state index contributed by atoms with van der Waals surface area (Å²) in [5.74, 6) is 0.183. The van der Waals surface area contributed by atoms with E-state index in [9.17, 15) is 4.79 Å². The van der Waals surface area contributed by atoms with Crippen LogP contribution in [0.2, 0.25) is 0 Å². The third-order valence-electron chi connectivity index (χ3n) is 3.25. The number of methoxy groups -OCH3 is 1. The zero-order valence-corrected chi connectivity index (χ0v) is 11.8. The van der Waals surface area contributed by atoms with Crippen LogP contribution in [-0.2, 0) is 4.74 Å². The number of hydrogen-bond acceptors (Lipinski definition) is 4. The van der Waals surface area contributed by atoms with E-state index in [1.165, 1.54) is 12.7 Å². The van der Waals surface area contributed by atoms with Gasteiger partial charge >= 0.3 is 5.97 Å². The Labute approximate surface area is 116 Å². The van der Waals surface area contributed by atoms with Gasteiger partial charge in [-0.25, -0.2) is 9.78 Å². The van der Waals surface area contributed by atoms with Crippen LogP contribution in [0.25, 0.3) is 10.6 Å². The molecule has 1 aliphatic rings. The molecule has 0 N–H and O–H groups in total. The van der Waals surface area contributed by atoms with Crippen LogP contribution in [0.1, 0.15) is 39.7 Å². The molecule has 1 aromatic carbocycles. The minimum absolute atomic E-state index is 0.322. The summed E-state index contributed by atoms with van der Waals surface area (Å²) in [5, 5.41) is 0.908. The molecular formula is C15H15NO2S. The summed E-state index contributed by atoms with van der Waals surface area (Å²) in [5.41, 5.74) is 2.77. The molecule has 1 fully saturated rings. The number of carbonyl (C=O) groups excluding carboxylic acids is 1. The van der Waals surface area contributed by atoms with Crippen LogP contribution in [0.4, 0.5) is 0 Å². The van der Waals surface area contributed by atoms with Gasteiger partial charge in [-0.1, -0.05) is 23.8 Å². The van der Waals surface area contributed by atoms with Crippen molar-refractivity contribution in [2.75, 3.05) is 7.11 Å². The molecule has 0 bridgehead atoms. The second-order valence-corrected chi connectivity index (χ2v) is 5.90. The number of carbonyl (C=O) groups is 1. The fourth-order valence-corrected chi connectivity index (χ4v) is 3.32. The highest BCUT2D eigenvalue weighted by atomic mass is 32.1. The highest BCUT2D eigenvalue weighted by Gasteiger charge is 2.32. The Balaban J connectivity index is 2.05. The topological polar surface area (TPSA) is 39.2 Å². The van der Waals surface area contributed by atoms with Crippen molar-refractivity contribution in [3.8, 4) is 10.6 Å². The normalized spacial score (nSPS) is 14.4. The predicted molar refractivity (Wildman–Crippen MR) is 75.6 cm³/mol. The summed E-state index contributed by atoms with van der Waals surface area (Å²) in [7, 11) is 1.41. The fraction of sp³-hybridized carbons (Fsp3) is 0.333. The monoisotopic (exact) mass is 273 g/mol. The molecule has 2 aromatic rings. The summed E-state index contributed by atoms with van der Waals surface area (Å²) in [6.07, 6.45) is 2.30. The van der Waals surface area contributed by atoms with Gasteiger partial charge in [0.05, 0.1) is 7.11 Å². The molecule has 1 aromatic heterocycles. The molecule has 0 spiro atoms. The maximum absolute atomic E-state index is 11.8. The van der Waals surface area contributed by atoms with E-state index in [1.807, 2.05) is 12.1 Å². The molecule has 19 heavy (non-hydrogen) atoms. The summed E-state index contributed by atoms with van der Waals surface area (Å²) < 4.78 is 4.83. The Morgan fingerprint density at radius 3 is 2.84 bits per heavy atom. The Morgan fingerprint density at radius 2 is 2.21 bits per heavy atom. The SMILES string of the molecule is COC(=O)c1nc(-c2cccc(C)c2)sc1C1CC1. The highest BCUT2D eigenvalue weighted by Crippen LogP contribution is 2.46. The van der Waals surface area contributed by atoms with E-state index in [-0.39, 0.29) is 5.97 Å². The Hall–Kier alpha value is -1.68. The first kappa shape index (κ1) is 12.4. The highest BCUT2D eigenvalue weighted by molar-refractivity contribution is 7.15. The quantitative estimate of drug-likeness (QED) is 0.799. The number of aromatic nitrogens is 1. The van der Waals surface area contributed by atoms with Crippen LogP contribution < -0.4 is 0 Å². The molecule has 98 valence electrons. The van der Waals surface area contributed by atoms with Gasteiger partial charge in [0.1, 0.15) is 5.01 Å². The van der Waals surface area contributed by atoms with Crippen molar-refractivity contribution < 1.29 is 9.53 Å². The summed E-state index contributed by atoms with van der Waals surface area (Å²) in [6.45, 7) is 2.06. The van der Waals surface area contributed by atoms with Crippen molar-refractivity contribution in [1.29, 1.82) is 0 Å². The molecule has 1 saturated carbocycles. The lowest BCUT2D eigenvalue weighted by molar-refractivity contribution is 0.0594. The maximum Gasteiger partial charge on any atom is 0.357 e. The number of esters is 1. The molecule has 0 saturated heterocycles. The van der Waals surface area contributed by atoms with Gasteiger partial charge in [-0.3, -0.25) is 0 Å². The molecule has 3 nitrogen and oxygen atoms in total. The molecule has 0 aliphatic heterocycles. The van der Waals surface area contributed by atoms with Gasteiger partial charge in [-0.15, -0.1) is 11.3 Å². The lowest BCUT2D eigenvalue weighted by Crippen LogP contribution is -2.04. The standard InChI is InChI=1S/C15H15NO2S/c1-9-4-3-5-11(8-9)14-16-12(15(17)18-2)13(19-14)10-6-7-10/h3-5,8,10H,6-7H2,1-2H3. The number of ether oxygens (including phenoxy) is 1. The summed E-state index contributed by atoms with van der Waals surface area (Å²) >= 11 is 1.62. The third kappa shape index (κ3) is 2.40. The van der Waals surface area contributed by atoms with Crippen molar-refractivity contribution in [3.05, 3.63) is 40.4 Å². The number of thiazole rings is 1. The maximum atomic E-state index is 11.8. The van der Waals surface area contributed by atoms with Crippen LogP contribution in [0, 0.1) is 6.92 Å². The van der Waals surface area contributed by atoms with Gasteiger partial charge in [0.2, 0.25) is 0 Å². The van der Waals surface area contributed by atoms with E-state index < -0.39 is 0 Å². The largest absolute Gasteiger partial charge is 0.464 e. The average Bonchev–Trinajstić information content (AvgIpc) is 3.17. The molecule has 0 unspecified atom stereocenters. The van der Waals surface area contributed by atoms with Crippen LogP contribution in [-0.4, -0.2) is 18.1 Å². The van der Waals surface area contributed by atoms with Crippen LogP contribution in [0.5, 0.6) is 0 Å². The van der Waals surface area contributed by atoms with E-state index in [4.69, 9.17) is 4.74 Å².